The third kappa shape index (κ3) is 1.33. The van der Waals surface area contributed by atoms with Crippen molar-refractivity contribution in [2.75, 3.05) is 0 Å². The lowest BCUT2D eigenvalue weighted by atomic mass is 10.1. The minimum atomic E-state index is -0.122. The summed E-state index contributed by atoms with van der Waals surface area (Å²) >= 11 is 0. The normalized spacial score (nSPS) is 18.2. The molecule has 0 saturated heterocycles. The van der Waals surface area contributed by atoms with E-state index in [9.17, 15) is 0 Å². The molecule has 1 fully saturated rings. The minimum absolute atomic E-state index is 0.122. The quantitative estimate of drug-likeness (QED) is 0.834. The first kappa shape index (κ1) is 9.78. The van der Waals surface area contributed by atoms with Crippen molar-refractivity contribution < 1.29 is 0 Å². The van der Waals surface area contributed by atoms with Crippen molar-refractivity contribution in [3.05, 3.63) is 24.2 Å². The number of hydrogen-bond donors (Lipinski definition) is 1. The fraction of sp³-hybridized carbons (Fsp3) is 0.500. The van der Waals surface area contributed by atoms with Gasteiger partial charge in [-0.2, -0.15) is 0 Å². The van der Waals surface area contributed by atoms with Crippen LogP contribution in [0.25, 0.3) is 11.2 Å². The van der Waals surface area contributed by atoms with Crippen molar-refractivity contribution in [3.8, 4) is 0 Å². The van der Waals surface area contributed by atoms with E-state index in [1.54, 1.807) is 0 Å². The average molecular weight is 216 g/mol. The molecule has 0 spiro atoms. The summed E-state index contributed by atoms with van der Waals surface area (Å²) in [7, 11) is 0. The van der Waals surface area contributed by atoms with E-state index in [2.05, 4.69) is 34.4 Å². The van der Waals surface area contributed by atoms with Crippen LogP contribution in [0.3, 0.4) is 0 Å². The van der Waals surface area contributed by atoms with Crippen molar-refractivity contribution in [2.24, 2.45) is 5.73 Å². The maximum atomic E-state index is 6.15. The number of aromatic nitrogens is 3. The highest BCUT2D eigenvalue weighted by molar-refractivity contribution is 5.72. The van der Waals surface area contributed by atoms with Crippen LogP contribution in [-0.2, 0) is 5.54 Å². The van der Waals surface area contributed by atoms with Crippen LogP contribution in [0.2, 0.25) is 0 Å². The lowest BCUT2D eigenvalue weighted by Gasteiger charge is -2.09. The Labute approximate surface area is 94.5 Å². The van der Waals surface area contributed by atoms with Gasteiger partial charge < -0.3 is 10.3 Å². The molecule has 1 aliphatic carbocycles. The van der Waals surface area contributed by atoms with Gasteiger partial charge in [0.25, 0.3) is 0 Å². The molecule has 2 heterocycles. The maximum Gasteiger partial charge on any atom is 0.160 e. The number of nitrogens with two attached hydrogens (primary N) is 1. The van der Waals surface area contributed by atoms with Gasteiger partial charge in [-0.3, -0.25) is 0 Å². The van der Waals surface area contributed by atoms with Crippen molar-refractivity contribution in [1.82, 2.24) is 14.5 Å². The third-order valence-electron chi connectivity index (χ3n) is 3.33. The Balaban J connectivity index is 2.13. The summed E-state index contributed by atoms with van der Waals surface area (Å²) in [5, 5.41) is 0. The second-order valence-electron chi connectivity index (χ2n) is 4.97. The lowest BCUT2D eigenvalue weighted by Crippen LogP contribution is -2.18. The van der Waals surface area contributed by atoms with E-state index in [0.29, 0.717) is 6.04 Å². The molecule has 0 amide bonds. The Morgan fingerprint density at radius 1 is 1.38 bits per heavy atom. The van der Waals surface area contributed by atoms with Gasteiger partial charge in [0, 0.05) is 17.8 Å². The molecule has 3 rings (SSSR count). The molecule has 1 saturated carbocycles. The molecule has 4 heteroatoms. The number of fused-ring (bicyclic) bond motifs is 1. The third-order valence-corrected chi connectivity index (χ3v) is 3.33. The summed E-state index contributed by atoms with van der Waals surface area (Å²) in [5.41, 5.74) is 9.04. The predicted molar refractivity (Wildman–Crippen MR) is 63.0 cm³/mol. The summed E-state index contributed by atoms with van der Waals surface area (Å²) < 4.78 is 2.08. The first-order valence-electron chi connectivity index (χ1n) is 5.72. The minimum Gasteiger partial charge on any atom is -0.321 e. The molecule has 0 aliphatic heterocycles. The van der Waals surface area contributed by atoms with Crippen LogP contribution in [0, 0.1) is 0 Å². The van der Waals surface area contributed by atoms with Gasteiger partial charge in [0.15, 0.2) is 5.65 Å². The van der Waals surface area contributed by atoms with Gasteiger partial charge in [-0.25, -0.2) is 9.97 Å². The fourth-order valence-corrected chi connectivity index (χ4v) is 1.99. The van der Waals surface area contributed by atoms with Gasteiger partial charge >= 0.3 is 0 Å². The number of nitrogens with zero attached hydrogens (tertiary/aromatic N) is 3. The van der Waals surface area contributed by atoms with Crippen molar-refractivity contribution in [2.45, 2.75) is 38.3 Å². The zero-order valence-electron chi connectivity index (χ0n) is 9.64. The molecule has 84 valence electrons. The maximum absolute atomic E-state index is 6.15. The summed E-state index contributed by atoms with van der Waals surface area (Å²) in [6, 6.07) is 2.46. The van der Waals surface area contributed by atoms with Crippen LogP contribution in [0.1, 0.15) is 38.3 Å². The molecule has 0 radical (unpaired) electrons. The van der Waals surface area contributed by atoms with Crippen LogP contribution in [0.15, 0.2) is 18.6 Å². The molecule has 0 aromatic carbocycles. The van der Waals surface area contributed by atoms with Gasteiger partial charge in [0.2, 0.25) is 0 Å². The van der Waals surface area contributed by atoms with Crippen molar-refractivity contribution >= 4 is 11.2 Å². The van der Waals surface area contributed by atoms with Gasteiger partial charge in [-0.05, 0) is 38.3 Å². The van der Waals surface area contributed by atoms with Crippen molar-refractivity contribution in [3.63, 3.8) is 0 Å². The smallest absolute Gasteiger partial charge is 0.160 e. The molecule has 4 nitrogen and oxygen atoms in total. The number of rotatable bonds is 2. The highest BCUT2D eigenvalue weighted by Crippen LogP contribution is 2.42. The SMILES string of the molecule is CC(C)n1cnc2cc(C3(N)CC3)cnc21. The summed E-state index contributed by atoms with van der Waals surface area (Å²) in [4.78, 5) is 8.88. The van der Waals surface area contributed by atoms with E-state index >= 15 is 0 Å². The fourth-order valence-electron chi connectivity index (χ4n) is 1.99. The van der Waals surface area contributed by atoms with E-state index in [4.69, 9.17) is 5.73 Å². The van der Waals surface area contributed by atoms with E-state index in [-0.39, 0.29) is 5.54 Å². The second-order valence-corrected chi connectivity index (χ2v) is 4.97. The molecule has 0 unspecified atom stereocenters. The topological polar surface area (TPSA) is 56.7 Å². The van der Waals surface area contributed by atoms with Crippen LogP contribution >= 0.6 is 0 Å². The summed E-state index contributed by atoms with van der Waals surface area (Å²) in [5.74, 6) is 0. The molecule has 16 heavy (non-hydrogen) atoms. The Hall–Kier alpha value is -1.42. The number of pyridine rings is 1. The summed E-state index contributed by atoms with van der Waals surface area (Å²) in [6.07, 6.45) is 5.87. The number of hydrogen-bond acceptors (Lipinski definition) is 3. The van der Waals surface area contributed by atoms with Crippen LogP contribution in [-0.4, -0.2) is 14.5 Å². The Morgan fingerprint density at radius 2 is 2.12 bits per heavy atom. The molecule has 0 atom stereocenters. The Kier molecular flexibility index (Phi) is 1.86. The summed E-state index contributed by atoms with van der Waals surface area (Å²) in [6.45, 7) is 4.25. The number of imidazole rings is 1. The van der Waals surface area contributed by atoms with Gasteiger partial charge in [0.1, 0.15) is 5.52 Å². The first-order valence-corrected chi connectivity index (χ1v) is 5.72. The standard InChI is InChI=1S/C12H16N4/c1-8(2)16-7-15-10-5-9(6-14-11(10)16)12(13)3-4-12/h5-8H,3-4,13H2,1-2H3. The molecular weight excluding hydrogens is 200 g/mol. The highest BCUT2D eigenvalue weighted by Gasteiger charge is 2.40. The molecule has 2 aromatic rings. The molecular formula is C12H16N4. The van der Waals surface area contributed by atoms with Crippen LogP contribution in [0.5, 0.6) is 0 Å². The molecule has 2 N–H and O–H groups in total. The van der Waals surface area contributed by atoms with E-state index in [1.807, 2.05) is 12.5 Å². The second kappa shape index (κ2) is 3.04. The largest absolute Gasteiger partial charge is 0.321 e. The molecule has 2 aromatic heterocycles. The van der Waals surface area contributed by atoms with Gasteiger partial charge in [-0.15, -0.1) is 0 Å². The van der Waals surface area contributed by atoms with Crippen molar-refractivity contribution in [1.29, 1.82) is 0 Å². The Bertz CT molecular complexity index is 537. The van der Waals surface area contributed by atoms with Crippen LogP contribution in [0.4, 0.5) is 0 Å². The molecule has 0 bridgehead atoms. The Morgan fingerprint density at radius 3 is 2.75 bits per heavy atom. The zero-order chi connectivity index (χ0) is 11.3. The first-order chi connectivity index (χ1) is 7.60. The van der Waals surface area contributed by atoms with E-state index < -0.39 is 0 Å². The molecule has 1 aliphatic rings. The lowest BCUT2D eigenvalue weighted by molar-refractivity contribution is 0.612. The van der Waals surface area contributed by atoms with E-state index in [1.165, 1.54) is 0 Å². The highest BCUT2D eigenvalue weighted by atomic mass is 15.1. The zero-order valence-corrected chi connectivity index (χ0v) is 9.64. The monoisotopic (exact) mass is 216 g/mol. The van der Waals surface area contributed by atoms with Crippen LogP contribution < -0.4 is 5.73 Å². The van der Waals surface area contributed by atoms with Gasteiger partial charge in [-0.1, -0.05) is 0 Å². The average Bonchev–Trinajstić information content (AvgIpc) is 2.87. The van der Waals surface area contributed by atoms with Gasteiger partial charge in [0.05, 0.1) is 6.33 Å². The predicted octanol–water partition coefficient (Wildman–Crippen LogP) is 1.96. The van der Waals surface area contributed by atoms with E-state index in [0.717, 1.165) is 29.6 Å².